The second-order valence-corrected chi connectivity index (χ2v) is 7.42. The van der Waals surface area contributed by atoms with Crippen LogP contribution < -0.4 is 14.8 Å². The topological polar surface area (TPSA) is 105 Å². The molecule has 7 nitrogen and oxygen atoms in total. The lowest BCUT2D eigenvalue weighted by Gasteiger charge is -2.32. The third-order valence-corrected chi connectivity index (χ3v) is 4.33. The van der Waals surface area contributed by atoms with E-state index in [0.717, 1.165) is 0 Å². The summed E-state index contributed by atoms with van der Waals surface area (Å²) in [5.74, 6) is -0.391. The van der Waals surface area contributed by atoms with E-state index in [4.69, 9.17) is 9.47 Å². The number of aliphatic hydroxyl groups excluding tert-OH is 1. The Kier molecular flexibility index (Phi) is 5.29. The van der Waals surface area contributed by atoms with Crippen LogP contribution in [0.25, 0.3) is 0 Å². The van der Waals surface area contributed by atoms with Gasteiger partial charge in [0.2, 0.25) is 0 Å². The number of phenolic OH excluding ortho intramolecular Hbond substituents is 1. The number of carbonyl (C=O) groups is 2. The monoisotopic (exact) mass is 385 g/mol. The summed E-state index contributed by atoms with van der Waals surface area (Å²) in [5.41, 5.74) is 0.672. The van der Waals surface area contributed by atoms with Crippen molar-refractivity contribution in [2.24, 2.45) is 0 Å². The van der Waals surface area contributed by atoms with E-state index in [1.807, 2.05) is 0 Å². The third-order valence-electron chi connectivity index (χ3n) is 4.33. The minimum atomic E-state index is -0.679. The van der Waals surface area contributed by atoms with Crippen LogP contribution in [0, 0.1) is 0 Å². The summed E-state index contributed by atoms with van der Waals surface area (Å²) < 4.78 is 11.2. The van der Waals surface area contributed by atoms with Gasteiger partial charge in [0.25, 0.3) is 5.91 Å². The maximum atomic E-state index is 12.2. The van der Waals surface area contributed by atoms with Crippen LogP contribution in [-0.2, 0) is 4.79 Å². The van der Waals surface area contributed by atoms with Gasteiger partial charge in [0, 0.05) is 17.8 Å². The number of aliphatic hydroxyl groups is 1. The Labute approximate surface area is 162 Å². The Bertz CT molecular complexity index is 919. The van der Waals surface area contributed by atoms with Gasteiger partial charge in [-0.15, -0.1) is 0 Å². The molecule has 0 aliphatic carbocycles. The molecule has 1 unspecified atom stereocenters. The summed E-state index contributed by atoms with van der Waals surface area (Å²) in [4.78, 5) is 24.4. The van der Waals surface area contributed by atoms with E-state index in [2.05, 4.69) is 5.32 Å². The number of phenols is 1. The van der Waals surface area contributed by atoms with Crippen molar-refractivity contribution in [1.29, 1.82) is 0 Å². The maximum absolute atomic E-state index is 12.2. The molecule has 0 bridgehead atoms. The molecule has 0 spiro atoms. The van der Waals surface area contributed by atoms with Gasteiger partial charge in [0.05, 0.1) is 12.5 Å². The number of amides is 1. The first-order valence-electron chi connectivity index (χ1n) is 8.94. The van der Waals surface area contributed by atoms with E-state index in [1.165, 1.54) is 12.1 Å². The summed E-state index contributed by atoms with van der Waals surface area (Å²) in [7, 11) is 0. The number of carbonyl (C=O) groups excluding carboxylic acids is 2. The summed E-state index contributed by atoms with van der Waals surface area (Å²) in [6.45, 7) is 4.91. The molecule has 3 N–H and O–H groups in total. The lowest BCUT2D eigenvalue weighted by atomic mass is 9.92. The summed E-state index contributed by atoms with van der Waals surface area (Å²) in [5, 5.41) is 22.5. The molecule has 7 heteroatoms. The second kappa shape index (κ2) is 7.52. The Balaban J connectivity index is 1.68. The van der Waals surface area contributed by atoms with Crippen molar-refractivity contribution in [2.45, 2.75) is 38.9 Å². The molecule has 0 radical (unpaired) electrons. The van der Waals surface area contributed by atoms with Crippen molar-refractivity contribution in [3.8, 4) is 17.2 Å². The summed E-state index contributed by atoms with van der Waals surface area (Å²) in [6, 6.07) is 9.66. The first-order chi connectivity index (χ1) is 13.1. The van der Waals surface area contributed by atoms with Crippen molar-refractivity contribution in [1.82, 2.24) is 0 Å². The van der Waals surface area contributed by atoms with Crippen LogP contribution in [0.2, 0.25) is 0 Å². The molecule has 2 aromatic rings. The first kappa shape index (κ1) is 19.7. The zero-order valence-corrected chi connectivity index (χ0v) is 16.0. The van der Waals surface area contributed by atoms with E-state index in [-0.39, 0.29) is 41.6 Å². The maximum Gasteiger partial charge on any atom is 0.262 e. The molecule has 148 valence electrons. The third kappa shape index (κ3) is 4.43. The zero-order chi connectivity index (χ0) is 20.5. The average Bonchev–Trinajstić information content (AvgIpc) is 2.58. The lowest BCUT2D eigenvalue weighted by Crippen LogP contribution is -2.35. The molecule has 28 heavy (non-hydrogen) atoms. The largest absolute Gasteiger partial charge is 0.507 e. The van der Waals surface area contributed by atoms with Crippen molar-refractivity contribution >= 4 is 17.4 Å². The minimum Gasteiger partial charge on any atom is -0.507 e. The number of anilines is 1. The van der Waals surface area contributed by atoms with E-state index < -0.39 is 17.6 Å². The van der Waals surface area contributed by atoms with Gasteiger partial charge < -0.3 is 25.0 Å². The molecule has 1 amide bonds. The van der Waals surface area contributed by atoms with E-state index >= 15 is 0 Å². The van der Waals surface area contributed by atoms with Crippen LogP contribution in [0.3, 0.4) is 0 Å². The van der Waals surface area contributed by atoms with E-state index in [1.54, 1.807) is 45.0 Å². The van der Waals surface area contributed by atoms with Crippen LogP contribution >= 0.6 is 0 Å². The number of benzene rings is 2. The van der Waals surface area contributed by atoms with Crippen molar-refractivity contribution in [2.75, 3.05) is 11.9 Å². The Hall–Kier alpha value is -3.06. The summed E-state index contributed by atoms with van der Waals surface area (Å²) in [6.07, 6.45) is -0.472. The quantitative estimate of drug-likeness (QED) is 0.730. The van der Waals surface area contributed by atoms with Gasteiger partial charge >= 0.3 is 0 Å². The van der Waals surface area contributed by atoms with Gasteiger partial charge in [-0.25, -0.2) is 0 Å². The molecule has 1 aliphatic rings. The molecular formula is C21H23NO6. The van der Waals surface area contributed by atoms with Gasteiger partial charge in [-0.05, 0) is 38.5 Å². The minimum absolute atomic E-state index is 0.131. The number of rotatable bonds is 5. The Morgan fingerprint density at radius 2 is 2.07 bits per heavy atom. The number of ketones is 1. The fourth-order valence-electron chi connectivity index (χ4n) is 3.05. The number of nitrogens with one attached hydrogen (secondary N) is 1. The van der Waals surface area contributed by atoms with E-state index in [0.29, 0.717) is 11.3 Å². The predicted octanol–water partition coefficient (Wildman–Crippen LogP) is 3.21. The first-order valence-corrected chi connectivity index (χ1v) is 8.94. The molecule has 1 heterocycles. The van der Waals surface area contributed by atoms with Gasteiger partial charge in [-0.1, -0.05) is 12.1 Å². The average molecular weight is 385 g/mol. The van der Waals surface area contributed by atoms with Crippen LogP contribution in [-0.4, -0.2) is 34.1 Å². The molecule has 2 aromatic carbocycles. The fraction of sp³-hybridized carbons (Fsp3) is 0.333. The molecule has 1 aliphatic heterocycles. The van der Waals surface area contributed by atoms with Crippen LogP contribution in [0.15, 0.2) is 36.4 Å². The number of aromatic hydroxyl groups is 1. The molecule has 0 fully saturated rings. The number of hydrogen-bond acceptors (Lipinski definition) is 6. The Morgan fingerprint density at radius 3 is 2.79 bits per heavy atom. The Morgan fingerprint density at radius 1 is 1.32 bits per heavy atom. The molecule has 0 saturated heterocycles. The van der Waals surface area contributed by atoms with Crippen molar-refractivity contribution < 1.29 is 29.3 Å². The molecule has 0 saturated carbocycles. The molecule has 3 rings (SSSR count). The summed E-state index contributed by atoms with van der Waals surface area (Å²) >= 11 is 0. The van der Waals surface area contributed by atoms with Crippen molar-refractivity contribution in [3.05, 3.63) is 47.5 Å². The lowest BCUT2D eigenvalue weighted by molar-refractivity contribution is -0.118. The number of Topliss-reactive ketones (excluding diaryl/α,β-unsaturated/α-hetero) is 1. The SMILES string of the molecule is CC(O)c1cccc(NC(=O)COc2cc(O)c3c(c2)OC(C)(C)CC3=O)c1. The highest BCUT2D eigenvalue weighted by Gasteiger charge is 2.35. The normalized spacial score (nSPS) is 15.9. The molecule has 0 aromatic heterocycles. The number of fused-ring (bicyclic) bond motifs is 1. The predicted molar refractivity (Wildman–Crippen MR) is 103 cm³/mol. The van der Waals surface area contributed by atoms with Crippen LogP contribution in [0.1, 0.15) is 49.2 Å². The fourth-order valence-corrected chi connectivity index (χ4v) is 3.05. The standard InChI is InChI=1S/C21H23NO6/c1-12(23)13-5-4-6-14(7-13)22-19(26)11-27-15-8-16(24)20-17(25)10-21(2,3)28-18(20)9-15/h4-9,12,23-24H,10-11H2,1-3H3,(H,22,26). The highest BCUT2D eigenvalue weighted by atomic mass is 16.5. The second-order valence-electron chi connectivity index (χ2n) is 7.42. The highest BCUT2D eigenvalue weighted by Crippen LogP contribution is 2.40. The van der Waals surface area contributed by atoms with Crippen molar-refractivity contribution in [3.63, 3.8) is 0 Å². The van der Waals surface area contributed by atoms with Gasteiger partial charge in [-0.2, -0.15) is 0 Å². The van der Waals surface area contributed by atoms with E-state index in [9.17, 15) is 19.8 Å². The van der Waals surface area contributed by atoms with Gasteiger partial charge in [0.15, 0.2) is 12.4 Å². The van der Waals surface area contributed by atoms with Gasteiger partial charge in [0.1, 0.15) is 28.4 Å². The highest BCUT2D eigenvalue weighted by molar-refractivity contribution is 6.03. The smallest absolute Gasteiger partial charge is 0.262 e. The van der Waals surface area contributed by atoms with Crippen LogP contribution in [0.5, 0.6) is 17.2 Å². The van der Waals surface area contributed by atoms with Crippen LogP contribution in [0.4, 0.5) is 5.69 Å². The molecule has 1 atom stereocenters. The van der Waals surface area contributed by atoms with Gasteiger partial charge in [-0.3, -0.25) is 9.59 Å². The number of ether oxygens (including phenoxy) is 2. The zero-order valence-electron chi connectivity index (χ0n) is 16.0. The molecular weight excluding hydrogens is 362 g/mol. The number of hydrogen-bond donors (Lipinski definition) is 3.